The number of rotatable bonds is 10. The van der Waals surface area contributed by atoms with Gasteiger partial charge in [-0.15, -0.1) is 0 Å². The van der Waals surface area contributed by atoms with Crippen molar-refractivity contribution in [1.82, 2.24) is 4.90 Å². The summed E-state index contributed by atoms with van der Waals surface area (Å²) in [4.78, 5) is 36.6. The summed E-state index contributed by atoms with van der Waals surface area (Å²) in [5.41, 5.74) is 6.43. The van der Waals surface area contributed by atoms with E-state index < -0.39 is 17.6 Å². The first-order chi connectivity index (χ1) is 29.4. The third kappa shape index (κ3) is 6.43. The third-order valence-corrected chi connectivity index (χ3v) is 19.6. The number of hydrogen-bond acceptors (Lipinski definition) is 8. The summed E-state index contributed by atoms with van der Waals surface area (Å²) in [6, 6.07) is 7.05. The molecule has 6 fully saturated rings. The van der Waals surface area contributed by atoms with Crippen molar-refractivity contribution in [3.63, 3.8) is 0 Å². The fourth-order valence-corrected chi connectivity index (χ4v) is 16.4. The number of ketones is 2. The number of aryl methyl sites for hydroxylation is 1. The molecule has 9 aliphatic rings. The number of Topliss-reactive ketones (excluding diaryl/α,β-unsaturated/α-hetero) is 2. The molecule has 2 N–H and O–H groups in total. The Balaban J connectivity index is 1.04. The number of aliphatic imine (C=N–C) groups is 1. The number of epoxide rings is 1. The molecule has 10 rings (SSSR count). The van der Waals surface area contributed by atoms with Gasteiger partial charge in [0.1, 0.15) is 11.9 Å². The molecule has 8 nitrogen and oxygen atoms in total. The van der Waals surface area contributed by atoms with Crippen LogP contribution < -0.4 is 0 Å². The highest BCUT2D eigenvalue weighted by atomic mass is 16.6. The Morgan fingerprint density at radius 2 is 1.69 bits per heavy atom. The van der Waals surface area contributed by atoms with Crippen molar-refractivity contribution < 1.29 is 29.3 Å². The van der Waals surface area contributed by atoms with Crippen molar-refractivity contribution >= 4 is 17.3 Å². The van der Waals surface area contributed by atoms with Gasteiger partial charge < -0.3 is 24.6 Å². The average Bonchev–Trinajstić information content (AvgIpc) is 3.80. The van der Waals surface area contributed by atoms with Crippen LogP contribution in [0.25, 0.3) is 0 Å². The van der Waals surface area contributed by atoms with E-state index in [4.69, 9.17) is 14.5 Å². The molecule has 4 aliphatic heterocycles. The molecule has 0 aromatic heterocycles. The zero-order valence-electron chi connectivity index (χ0n) is 39.0. The number of carbonyl (C=O) groups is 2. The van der Waals surface area contributed by atoms with Crippen molar-refractivity contribution in [3.8, 4) is 0 Å². The zero-order valence-corrected chi connectivity index (χ0v) is 39.0. The molecule has 0 radical (unpaired) electrons. The largest absolute Gasteiger partial charge is 0.392 e. The number of nitrogens with zero attached hydrogens (tertiary/aromatic N) is 2. The van der Waals surface area contributed by atoms with Gasteiger partial charge >= 0.3 is 0 Å². The van der Waals surface area contributed by atoms with E-state index in [2.05, 4.69) is 76.9 Å². The molecule has 0 amide bonds. The van der Waals surface area contributed by atoms with E-state index in [0.717, 1.165) is 81.4 Å². The molecule has 12 atom stereocenters. The first kappa shape index (κ1) is 43.0. The van der Waals surface area contributed by atoms with Crippen molar-refractivity contribution in [2.45, 2.75) is 175 Å². The predicted molar refractivity (Wildman–Crippen MR) is 243 cm³/mol. The van der Waals surface area contributed by atoms with E-state index in [-0.39, 0.29) is 63.4 Å². The minimum atomic E-state index is -0.706. The monoisotopic (exact) mass is 847 g/mol. The Morgan fingerprint density at radius 3 is 2.40 bits per heavy atom. The lowest BCUT2D eigenvalue weighted by Crippen LogP contribution is -2.69. The molecule has 0 bridgehead atoms. The third-order valence-electron chi connectivity index (χ3n) is 19.6. The number of aliphatic hydroxyl groups is 2. The summed E-state index contributed by atoms with van der Waals surface area (Å²) < 4.78 is 11.6. The summed E-state index contributed by atoms with van der Waals surface area (Å²) in [5, 5.41) is 25.1. The fourth-order valence-electron chi connectivity index (χ4n) is 16.4. The molecular formula is C54H74N2O6. The molecule has 4 saturated carbocycles. The summed E-state index contributed by atoms with van der Waals surface area (Å²) in [7, 11) is 0. The smallest absolute Gasteiger partial charge is 0.160 e. The zero-order chi connectivity index (χ0) is 43.7. The summed E-state index contributed by atoms with van der Waals surface area (Å²) in [6.07, 6.45) is 16.5. The molecule has 5 aliphatic carbocycles. The quantitative estimate of drug-likeness (QED) is 0.226. The minimum absolute atomic E-state index is 0.0289. The van der Waals surface area contributed by atoms with Gasteiger partial charge in [-0.05, 0) is 146 Å². The summed E-state index contributed by atoms with van der Waals surface area (Å²) in [5.74, 6) is 1.18. The number of carbonyl (C=O) groups excluding carboxylic acids is 2. The molecule has 62 heavy (non-hydrogen) atoms. The van der Waals surface area contributed by atoms with Crippen LogP contribution >= 0.6 is 0 Å². The highest BCUT2D eigenvalue weighted by Gasteiger charge is 2.73. The second-order valence-electron chi connectivity index (χ2n) is 23.3. The van der Waals surface area contributed by atoms with Crippen LogP contribution in [0.3, 0.4) is 0 Å². The first-order valence-corrected chi connectivity index (χ1v) is 24.6. The van der Waals surface area contributed by atoms with Crippen LogP contribution in [-0.2, 0) is 25.5 Å². The van der Waals surface area contributed by atoms with Gasteiger partial charge in [0.15, 0.2) is 5.78 Å². The van der Waals surface area contributed by atoms with Gasteiger partial charge in [0.05, 0.1) is 29.6 Å². The maximum absolute atomic E-state index is 14.9. The van der Waals surface area contributed by atoms with E-state index >= 15 is 0 Å². The van der Waals surface area contributed by atoms with E-state index in [1.54, 1.807) is 0 Å². The lowest BCUT2D eigenvalue weighted by Gasteiger charge is -2.70. The maximum Gasteiger partial charge on any atom is 0.160 e. The van der Waals surface area contributed by atoms with Crippen LogP contribution in [0.2, 0.25) is 0 Å². The Labute approximate surface area is 371 Å². The van der Waals surface area contributed by atoms with Crippen LogP contribution in [0, 0.1) is 58.2 Å². The number of allylic oxidation sites excluding steroid dienone is 1. The number of benzene rings is 1. The molecular weight excluding hydrogens is 773 g/mol. The number of ether oxygens (including phenoxy) is 2. The summed E-state index contributed by atoms with van der Waals surface area (Å²) >= 11 is 0. The number of fused-ring (bicyclic) bond motifs is 6. The number of hydrogen-bond donors (Lipinski definition) is 2. The van der Waals surface area contributed by atoms with Crippen LogP contribution in [0.5, 0.6) is 0 Å². The first-order valence-electron chi connectivity index (χ1n) is 24.6. The van der Waals surface area contributed by atoms with E-state index in [1.165, 1.54) is 35.1 Å². The predicted octanol–water partition coefficient (Wildman–Crippen LogP) is 9.40. The van der Waals surface area contributed by atoms with Crippen molar-refractivity contribution in [3.05, 3.63) is 70.1 Å². The van der Waals surface area contributed by atoms with Gasteiger partial charge in [-0.1, -0.05) is 71.2 Å². The van der Waals surface area contributed by atoms with Gasteiger partial charge in [-0.25, -0.2) is 0 Å². The van der Waals surface area contributed by atoms with Crippen molar-refractivity contribution in [2.75, 3.05) is 19.8 Å². The summed E-state index contributed by atoms with van der Waals surface area (Å²) in [6.45, 7) is 20.1. The van der Waals surface area contributed by atoms with Crippen LogP contribution in [-0.4, -0.2) is 82.1 Å². The highest BCUT2D eigenvalue weighted by Crippen LogP contribution is 2.76. The van der Waals surface area contributed by atoms with E-state index in [0.29, 0.717) is 43.4 Å². The Morgan fingerprint density at radius 1 is 0.968 bits per heavy atom. The molecule has 2 saturated heterocycles. The molecule has 8 heteroatoms. The normalized spacial score (nSPS) is 41.2. The fraction of sp³-hybridized carbons (Fsp3) is 0.722. The Hall–Kier alpha value is -2.91. The maximum atomic E-state index is 14.9. The van der Waals surface area contributed by atoms with Crippen LogP contribution in [0.1, 0.15) is 148 Å². The van der Waals surface area contributed by atoms with E-state index in [1.807, 2.05) is 20.0 Å². The lowest BCUT2D eigenvalue weighted by molar-refractivity contribution is -0.226. The molecule has 12 unspecified atom stereocenters. The van der Waals surface area contributed by atoms with E-state index in [9.17, 15) is 19.8 Å². The highest BCUT2D eigenvalue weighted by molar-refractivity contribution is 6.09. The van der Waals surface area contributed by atoms with Gasteiger partial charge in [0.2, 0.25) is 0 Å². The van der Waals surface area contributed by atoms with Crippen LogP contribution in [0.4, 0.5) is 0 Å². The van der Waals surface area contributed by atoms with Gasteiger partial charge in [0, 0.05) is 68.2 Å². The molecule has 1 aromatic carbocycles. The molecule has 4 heterocycles. The van der Waals surface area contributed by atoms with Gasteiger partial charge in [0.25, 0.3) is 0 Å². The molecule has 336 valence electrons. The molecule has 0 spiro atoms. The van der Waals surface area contributed by atoms with Crippen molar-refractivity contribution in [2.24, 2.45) is 56.2 Å². The Bertz CT molecular complexity index is 2140. The SMILES string of the molecule is Cc1cc(CC2=CN(CC3C4=C(C(C)CC(O)C5OC5(C)C)C(=O)CC4(C)C4(C)CCC5C(C)(CCC(=O)C5(C)C5CCCC5)C4C3O)C3C=CN=C23)cc(C2CCOCC2)c1. The van der Waals surface area contributed by atoms with Crippen molar-refractivity contribution in [1.29, 1.82) is 0 Å². The van der Waals surface area contributed by atoms with Crippen LogP contribution in [0.15, 0.2) is 58.4 Å². The number of aliphatic hydroxyl groups excluding tert-OH is 2. The lowest BCUT2D eigenvalue weighted by atomic mass is 9.34. The van der Waals surface area contributed by atoms with Gasteiger partial charge in [-0.3, -0.25) is 14.6 Å². The van der Waals surface area contributed by atoms with Gasteiger partial charge in [-0.2, -0.15) is 0 Å². The second kappa shape index (κ2) is 15.1. The second-order valence-corrected chi connectivity index (χ2v) is 23.3. The standard InChI is InChI=1S/C54H74N2O6/c1-31-23-33(26-35(24-31)34-16-21-61-22-17-34)27-36-29-56(39-15-20-55-46(36)39)30-38-45-44(32(2)25-40(57)49-50(3,4)62-49)41(58)28-53(45,7)52(6)19-13-42-51(5,48(52)47(38)60)18-14-43(59)54(42,8)37-11-9-10-12-37/h15,20,23-24,26,29,32,34,37-40,42,47-49,57,60H,9-14,16-19,21-22,25,27-28,30H2,1-8H3. The topological polar surface area (TPSA) is 112 Å². The average molecular weight is 847 g/mol. The minimum Gasteiger partial charge on any atom is -0.392 e. The Kier molecular flexibility index (Phi) is 10.5. The molecule has 1 aromatic rings.